The molecule has 0 bridgehead atoms. The lowest BCUT2D eigenvalue weighted by Gasteiger charge is -2.14. The molecule has 1 aromatic carbocycles. The van der Waals surface area contributed by atoms with Crippen LogP contribution in [0.25, 0.3) is 0 Å². The summed E-state index contributed by atoms with van der Waals surface area (Å²) < 4.78 is 10.4. The highest BCUT2D eigenvalue weighted by atomic mass is 16.5. The molecule has 4 nitrogen and oxygen atoms in total. The first-order chi connectivity index (χ1) is 7.71. The largest absolute Gasteiger partial charge is 0.497 e. The normalized spacial score (nSPS) is 12.2. The molecule has 1 aromatic rings. The first-order valence-corrected chi connectivity index (χ1v) is 5.35. The fourth-order valence-corrected chi connectivity index (χ4v) is 1.37. The second-order valence-corrected chi connectivity index (χ2v) is 3.70. The van der Waals surface area contributed by atoms with Gasteiger partial charge in [0.1, 0.15) is 11.5 Å². The van der Waals surface area contributed by atoms with E-state index >= 15 is 0 Å². The van der Waals surface area contributed by atoms with E-state index in [1.165, 1.54) is 0 Å². The van der Waals surface area contributed by atoms with Gasteiger partial charge in [0, 0.05) is 30.8 Å². The highest BCUT2D eigenvalue weighted by Crippen LogP contribution is 2.24. The first-order valence-electron chi connectivity index (χ1n) is 5.35. The van der Waals surface area contributed by atoms with Gasteiger partial charge in [-0.1, -0.05) is 6.07 Å². The number of hydrogen-bond acceptors (Lipinski definition) is 4. The molecule has 0 aromatic heterocycles. The Morgan fingerprint density at radius 2 is 2.06 bits per heavy atom. The minimum atomic E-state index is 0.298. The molecule has 0 spiro atoms. The quantitative estimate of drug-likeness (QED) is 0.761. The minimum Gasteiger partial charge on any atom is -0.497 e. The van der Waals surface area contributed by atoms with E-state index in [1.54, 1.807) is 14.2 Å². The van der Waals surface area contributed by atoms with Gasteiger partial charge in [-0.25, -0.2) is 0 Å². The van der Waals surface area contributed by atoms with Crippen molar-refractivity contribution >= 4 is 0 Å². The average molecular weight is 224 g/mol. The summed E-state index contributed by atoms with van der Waals surface area (Å²) in [4.78, 5) is 0. The van der Waals surface area contributed by atoms with Crippen molar-refractivity contribution < 1.29 is 9.47 Å². The molecule has 0 aliphatic carbocycles. The fraction of sp³-hybridized carbons (Fsp3) is 0.500. The highest BCUT2D eigenvalue weighted by Gasteiger charge is 2.06. The van der Waals surface area contributed by atoms with Gasteiger partial charge in [0.15, 0.2) is 0 Å². The molecule has 0 saturated carbocycles. The minimum absolute atomic E-state index is 0.298. The van der Waals surface area contributed by atoms with Crippen molar-refractivity contribution in [1.29, 1.82) is 0 Å². The van der Waals surface area contributed by atoms with Crippen molar-refractivity contribution in [2.45, 2.75) is 19.5 Å². The second-order valence-electron chi connectivity index (χ2n) is 3.70. The Hall–Kier alpha value is -1.26. The van der Waals surface area contributed by atoms with Gasteiger partial charge < -0.3 is 20.5 Å². The summed E-state index contributed by atoms with van der Waals surface area (Å²) in [6, 6.07) is 6.09. The van der Waals surface area contributed by atoms with Crippen LogP contribution in [0.15, 0.2) is 18.2 Å². The van der Waals surface area contributed by atoms with Gasteiger partial charge in [-0.15, -0.1) is 0 Å². The van der Waals surface area contributed by atoms with Crippen LogP contribution in [0.5, 0.6) is 11.5 Å². The van der Waals surface area contributed by atoms with Crippen molar-refractivity contribution in [3.63, 3.8) is 0 Å². The summed E-state index contributed by atoms with van der Waals surface area (Å²) >= 11 is 0. The lowest BCUT2D eigenvalue weighted by molar-refractivity contribution is 0.389. The lowest BCUT2D eigenvalue weighted by atomic mass is 10.1. The molecule has 0 saturated heterocycles. The summed E-state index contributed by atoms with van der Waals surface area (Å²) in [6.45, 7) is 3.42. The maximum Gasteiger partial charge on any atom is 0.127 e. The molecule has 0 fully saturated rings. The average Bonchev–Trinajstić information content (AvgIpc) is 2.35. The van der Waals surface area contributed by atoms with Gasteiger partial charge in [-0.2, -0.15) is 0 Å². The van der Waals surface area contributed by atoms with Gasteiger partial charge in [0.25, 0.3) is 0 Å². The summed E-state index contributed by atoms with van der Waals surface area (Å²) in [5.41, 5.74) is 6.64. The van der Waals surface area contributed by atoms with Crippen LogP contribution in [-0.2, 0) is 6.54 Å². The van der Waals surface area contributed by atoms with Gasteiger partial charge >= 0.3 is 0 Å². The molecule has 90 valence electrons. The molecular weight excluding hydrogens is 204 g/mol. The third-order valence-electron chi connectivity index (χ3n) is 2.49. The van der Waals surface area contributed by atoms with Gasteiger partial charge in [-0.05, 0) is 13.0 Å². The first kappa shape index (κ1) is 12.8. The number of nitrogens with one attached hydrogen (secondary N) is 1. The molecule has 0 radical (unpaired) electrons. The second kappa shape index (κ2) is 6.35. The van der Waals surface area contributed by atoms with E-state index in [0.29, 0.717) is 12.6 Å². The van der Waals surface area contributed by atoms with Crippen molar-refractivity contribution in [3.8, 4) is 11.5 Å². The molecule has 4 heteroatoms. The molecule has 1 unspecified atom stereocenters. The SMILES string of the molecule is COc1ccc(CNC(C)CN)c(OC)c1. The third-order valence-corrected chi connectivity index (χ3v) is 2.49. The Bertz CT molecular complexity index is 329. The Balaban J connectivity index is 2.71. The molecule has 16 heavy (non-hydrogen) atoms. The smallest absolute Gasteiger partial charge is 0.127 e. The van der Waals surface area contributed by atoms with E-state index in [4.69, 9.17) is 15.2 Å². The summed E-state index contributed by atoms with van der Waals surface area (Å²) in [7, 11) is 3.30. The van der Waals surface area contributed by atoms with Crippen molar-refractivity contribution in [3.05, 3.63) is 23.8 Å². The Morgan fingerprint density at radius 3 is 2.62 bits per heavy atom. The zero-order valence-corrected chi connectivity index (χ0v) is 10.1. The fourth-order valence-electron chi connectivity index (χ4n) is 1.37. The molecule has 1 atom stereocenters. The Morgan fingerprint density at radius 1 is 1.31 bits per heavy atom. The van der Waals surface area contributed by atoms with Gasteiger partial charge in [0.2, 0.25) is 0 Å². The number of rotatable bonds is 6. The molecule has 0 aliphatic heterocycles. The number of nitrogens with two attached hydrogens (primary N) is 1. The monoisotopic (exact) mass is 224 g/mol. The van der Waals surface area contributed by atoms with Crippen LogP contribution in [0.4, 0.5) is 0 Å². The molecular formula is C12H20N2O2. The van der Waals surface area contributed by atoms with Crippen molar-refractivity contribution in [2.24, 2.45) is 5.73 Å². The highest BCUT2D eigenvalue weighted by molar-refractivity contribution is 5.40. The van der Waals surface area contributed by atoms with E-state index < -0.39 is 0 Å². The topological polar surface area (TPSA) is 56.5 Å². The Kier molecular flexibility index (Phi) is 5.08. The lowest BCUT2D eigenvalue weighted by Crippen LogP contribution is -2.32. The van der Waals surface area contributed by atoms with Gasteiger partial charge in [-0.3, -0.25) is 0 Å². The van der Waals surface area contributed by atoms with Crippen LogP contribution < -0.4 is 20.5 Å². The molecule has 1 rings (SSSR count). The molecule has 0 amide bonds. The predicted octanol–water partition coefficient (Wildman–Crippen LogP) is 1.14. The summed E-state index contributed by atoms with van der Waals surface area (Å²) in [6.07, 6.45) is 0. The van der Waals surface area contributed by atoms with E-state index in [0.717, 1.165) is 23.6 Å². The third kappa shape index (κ3) is 3.40. The number of methoxy groups -OCH3 is 2. The van der Waals surface area contributed by atoms with Crippen molar-refractivity contribution in [2.75, 3.05) is 20.8 Å². The standard InChI is InChI=1S/C12H20N2O2/c1-9(7-13)14-8-10-4-5-11(15-2)6-12(10)16-3/h4-6,9,14H,7-8,13H2,1-3H3. The number of benzene rings is 1. The van der Waals surface area contributed by atoms with Gasteiger partial charge in [0.05, 0.1) is 14.2 Å². The zero-order chi connectivity index (χ0) is 12.0. The zero-order valence-electron chi connectivity index (χ0n) is 10.1. The number of hydrogen-bond donors (Lipinski definition) is 2. The van der Waals surface area contributed by atoms with E-state index in [1.807, 2.05) is 18.2 Å². The van der Waals surface area contributed by atoms with E-state index in [9.17, 15) is 0 Å². The number of ether oxygens (including phenoxy) is 2. The molecule has 0 aliphatic rings. The van der Waals surface area contributed by atoms with Crippen LogP contribution in [0.2, 0.25) is 0 Å². The Labute approximate surface area is 96.7 Å². The maximum atomic E-state index is 5.54. The molecule has 3 N–H and O–H groups in total. The van der Waals surface area contributed by atoms with Crippen LogP contribution in [0.1, 0.15) is 12.5 Å². The predicted molar refractivity (Wildman–Crippen MR) is 64.9 cm³/mol. The van der Waals surface area contributed by atoms with Crippen LogP contribution in [0, 0.1) is 0 Å². The van der Waals surface area contributed by atoms with Crippen molar-refractivity contribution in [1.82, 2.24) is 5.32 Å². The van der Waals surface area contributed by atoms with E-state index in [-0.39, 0.29) is 0 Å². The van der Waals surface area contributed by atoms with Crippen LogP contribution in [-0.4, -0.2) is 26.8 Å². The summed E-state index contributed by atoms with van der Waals surface area (Å²) in [5.74, 6) is 1.63. The maximum absolute atomic E-state index is 5.54. The molecule has 0 heterocycles. The van der Waals surface area contributed by atoms with Crippen LogP contribution >= 0.6 is 0 Å². The van der Waals surface area contributed by atoms with E-state index in [2.05, 4.69) is 12.2 Å². The summed E-state index contributed by atoms with van der Waals surface area (Å²) in [5, 5.41) is 3.31. The van der Waals surface area contributed by atoms with Crippen LogP contribution in [0.3, 0.4) is 0 Å².